The van der Waals surface area contributed by atoms with Crippen LogP contribution in [-0.4, -0.2) is 32.0 Å². The predicted octanol–water partition coefficient (Wildman–Crippen LogP) is 3.99. The third kappa shape index (κ3) is 4.07. The molecule has 0 aliphatic heterocycles. The number of aryl methyl sites for hydroxylation is 1. The number of ether oxygens (including phenoxy) is 1. The van der Waals surface area contributed by atoms with Gasteiger partial charge in [0.25, 0.3) is 0 Å². The summed E-state index contributed by atoms with van der Waals surface area (Å²) in [6, 6.07) is 17.8. The summed E-state index contributed by atoms with van der Waals surface area (Å²) in [6.45, 7) is 2.68. The highest BCUT2D eigenvalue weighted by molar-refractivity contribution is 7.98. The predicted molar refractivity (Wildman–Crippen MR) is 106 cm³/mol. The van der Waals surface area contributed by atoms with Crippen molar-refractivity contribution in [3.05, 3.63) is 71.9 Å². The second kappa shape index (κ2) is 8.26. The van der Waals surface area contributed by atoms with E-state index < -0.39 is 0 Å². The molecule has 7 nitrogen and oxygen atoms in total. The summed E-state index contributed by atoms with van der Waals surface area (Å²) < 4.78 is 12.6. The van der Waals surface area contributed by atoms with Crippen LogP contribution >= 0.6 is 11.8 Å². The first kappa shape index (κ1) is 18.2. The Morgan fingerprint density at radius 2 is 1.82 bits per heavy atom. The minimum absolute atomic E-state index is 0.524. The normalized spacial score (nSPS) is 10.9. The molecular formula is C20H19N5O2S. The largest absolute Gasteiger partial charge is 0.497 e. The monoisotopic (exact) mass is 393 g/mol. The molecule has 28 heavy (non-hydrogen) atoms. The van der Waals surface area contributed by atoms with Gasteiger partial charge in [0, 0.05) is 5.56 Å². The van der Waals surface area contributed by atoms with Crippen LogP contribution in [0.3, 0.4) is 0 Å². The first-order chi connectivity index (χ1) is 13.7. The van der Waals surface area contributed by atoms with Crippen molar-refractivity contribution >= 4 is 11.8 Å². The fraction of sp³-hybridized carbons (Fsp3) is 0.200. The topological polar surface area (TPSA) is 78.9 Å². The number of aromatic nitrogens is 5. The summed E-state index contributed by atoms with van der Waals surface area (Å²) in [4.78, 5) is 4.47. The Labute approximate surface area is 166 Å². The van der Waals surface area contributed by atoms with Crippen molar-refractivity contribution < 1.29 is 9.26 Å². The van der Waals surface area contributed by atoms with Gasteiger partial charge in [0.15, 0.2) is 5.16 Å². The molecule has 0 atom stereocenters. The fourth-order valence-electron chi connectivity index (χ4n) is 2.71. The molecule has 2 aromatic heterocycles. The molecular weight excluding hydrogens is 374 g/mol. The number of benzene rings is 2. The molecule has 0 N–H and O–H groups in total. The van der Waals surface area contributed by atoms with Crippen LogP contribution in [0.2, 0.25) is 0 Å². The number of rotatable bonds is 7. The lowest BCUT2D eigenvalue weighted by molar-refractivity contribution is 0.391. The number of thioether (sulfide) groups is 1. The van der Waals surface area contributed by atoms with E-state index in [0.717, 1.165) is 28.8 Å². The quantitative estimate of drug-likeness (QED) is 0.439. The number of hydrogen-bond donors (Lipinski definition) is 0. The molecule has 0 unspecified atom stereocenters. The molecule has 2 aromatic carbocycles. The minimum Gasteiger partial charge on any atom is -0.497 e. The van der Waals surface area contributed by atoms with Crippen LogP contribution in [0.4, 0.5) is 0 Å². The SMILES string of the molecule is COc1ccc(-c2noc(CSc3nnc(C)n3Cc3ccccc3)n2)cc1. The standard InChI is InChI=1S/C20H19N5O2S/c1-14-22-23-20(25(14)12-15-6-4-3-5-7-15)28-13-18-21-19(24-27-18)16-8-10-17(26-2)11-9-16/h3-11H,12-13H2,1-2H3. The van der Waals surface area contributed by atoms with Gasteiger partial charge in [-0.3, -0.25) is 0 Å². The Morgan fingerprint density at radius 1 is 1.04 bits per heavy atom. The Kier molecular flexibility index (Phi) is 5.38. The van der Waals surface area contributed by atoms with Crippen LogP contribution in [0.5, 0.6) is 5.75 Å². The Hall–Kier alpha value is -3.13. The van der Waals surface area contributed by atoms with Gasteiger partial charge < -0.3 is 13.8 Å². The van der Waals surface area contributed by atoms with Gasteiger partial charge in [-0.1, -0.05) is 47.3 Å². The van der Waals surface area contributed by atoms with Crippen LogP contribution in [0.1, 0.15) is 17.3 Å². The molecule has 4 aromatic rings. The maximum Gasteiger partial charge on any atom is 0.237 e. The molecule has 4 rings (SSSR count). The van der Waals surface area contributed by atoms with Gasteiger partial charge in [-0.05, 0) is 36.8 Å². The Morgan fingerprint density at radius 3 is 2.57 bits per heavy atom. The molecule has 0 amide bonds. The molecule has 2 heterocycles. The lowest BCUT2D eigenvalue weighted by Gasteiger charge is -2.07. The van der Waals surface area contributed by atoms with Crippen molar-refractivity contribution in [2.24, 2.45) is 0 Å². The van der Waals surface area contributed by atoms with Gasteiger partial charge in [0.1, 0.15) is 11.6 Å². The van der Waals surface area contributed by atoms with Crippen molar-refractivity contribution in [2.75, 3.05) is 7.11 Å². The van der Waals surface area contributed by atoms with E-state index in [-0.39, 0.29) is 0 Å². The van der Waals surface area contributed by atoms with Gasteiger partial charge in [0.05, 0.1) is 19.4 Å². The third-order valence-electron chi connectivity index (χ3n) is 4.23. The van der Waals surface area contributed by atoms with Crippen LogP contribution in [0, 0.1) is 6.92 Å². The Balaban J connectivity index is 1.44. The van der Waals surface area contributed by atoms with Crippen molar-refractivity contribution in [3.63, 3.8) is 0 Å². The van der Waals surface area contributed by atoms with Crippen molar-refractivity contribution in [1.82, 2.24) is 24.9 Å². The average molecular weight is 393 g/mol. The van der Waals surface area contributed by atoms with E-state index in [1.54, 1.807) is 7.11 Å². The zero-order valence-electron chi connectivity index (χ0n) is 15.6. The summed E-state index contributed by atoms with van der Waals surface area (Å²) in [6.07, 6.45) is 0. The zero-order valence-corrected chi connectivity index (χ0v) is 16.4. The second-order valence-electron chi connectivity index (χ2n) is 6.13. The molecule has 0 fully saturated rings. The molecule has 0 bridgehead atoms. The van der Waals surface area contributed by atoms with Crippen molar-refractivity contribution in [1.29, 1.82) is 0 Å². The highest BCUT2D eigenvalue weighted by atomic mass is 32.2. The van der Waals surface area contributed by atoms with Crippen molar-refractivity contribution in [3.8, 4) is 17.1 Å². The van der Waals surface area contributed by atoms with E-state index in [4.69, 9.17) is 9.26 Å². The minimum atomic E-state index is 0.524. The maximum atomic E-state index is 5.39. The summed E-state index contributed by atoms with van der Waals surface area (Å²) in [7, 11) is 1.64. The summed E-state index contributed by atoms with van der Waals surface area (Å²) in [5.74, 6) is 3.28. The fourth-order valence-corrected chi connectivity index (χ4v) is 3.53. The maximum absolute atomic E-state index is 5.39. The van der Waals surface area contributed by atoms with E-state index in [9.17, 15) is 0 Å². The lowest BCUT2D eigenvalue weighted by Crippen LogP contribution is -2.03. The van der Waals surface area contributed by atoms with Gasteiger partial charge >= 0.3 is 0 Å². The summed E-state index contributed by atoms with van der Waals surface area (Å²) >= 11 is 1.53. The van der Waals surface area contributed by atoms with E-state index in [2.05, 4.69) is 37.0 Å². The first-order valence-electron chi connectivity index (χ1n) is 8.76. The molecule has 8 heteroatoms. The Bertz CT molecular complexity index is 1040. The first-order valence-corrected chi connectivity index (χ1v) is 9.75. The van der Waals surface area contributed by atoms with Crippen LogP contribution in [0.25, 0.3) is 11.4 Å². The van der Waals surface area contributed by atoms with Crippen LogP contribution < -0.4 is 4.74 Å². The van der Waals surface area contributed by atoms with Gasteiger partial charge in [-0.25, -0.2) is 0 Å². The second-order valence-corrected chi connectivity index (χ2v) is 7.07. The van der Waals surface area contributed by atoms with E-state index in [0.29, 0.717) is 17.5 Å². The lowest BCUT2D eigenvalue weighted by atomic mass is 10.2. The van der Waals surface area contributed by atoms with E-state index in [1.807, 2.05) is 49.4 Å². The third-order valence-corrected chi connectivity index (χ3v) is 5.18. The number of methoxy groups -OCH3 is 1. The number of hydrogen-bond acceptors (Lipinski definition) is 7. The van der Waals surface area contributed by atoms with Gasteiger partial charge in [-0.2, -0.15) is 4.98 Å². The molecule has 0 saturated heterocycles. The smallest absolute Gasteiger partial charge is 0.237 e. The summed E-state index contributed by atoms with van der Waals surface area (Å²) in [5.41, 5.74) is 2.08. The molecule has 0 spiro atoms. The van der Waals surface area contributed by atoms with Crippen LogP contribution in [-0.2, 0) is 12.3 Å². The van der Waals surface area contributed by atoms with E-state index >= 15 is 0 Å². The highest BCUT2D eigenvalue weighted by Gasteiger charge is 2.14. The molecule has 0 radical (unpaired) electrons. The summed E-state index contributed by atoms with van der Waals surface area (Å²) in [5, 5.41) is 13.4. The van der Waals surface area contributed by atoms with Crippen molar-refractivity contribution in [2.45, 2.75) is 24.4 Å². The molecule has 0 aliphatic carbocycles. The number of nitrogens with zero attached hydrogens (tertiary/aromatic N) is 5. The highest BCUT2D eigenvalue weighted by Crippen LogP contribution is 2.24. The zero-order chi connectivity index (χ0) is 19.3. The van der Waals surface area contributed by atoms with Crippen LogP contribution in [0.15, 0.2) is 64.3 Å². The molecule has 0 aliphatic rings. The molecule has 0 saturated carbocycles. The van der Waals surface area contributed by atoms with Gasteiger partial charge in [-0.15, -0.1) is 10.2 Å². The van der Waals surface area contributed by atoms with Gasteiger partial charge in [0.2, 0.25) is 11.7 Å². The average Bonchev–Trinajstić information content (AvgIpc) is 3.35. The van der Waals surface area contributed by atoms with E-state index in [1.165, 1.54) is 17.3 Å². The molecule has 142 valence electrons.